The number of hydrogen-bond acceptors (Lipinski definition) is 4. The first-order valence-corrected chi connectivity index (χ1v) is 8.67. The van der Waals surface area contributed by atoms with Crippen LogP contribution in [0.1, 0.15) is 6.42 Å². The molecule has 1 aliphatic rings. The molecule has 1 aromatic carbocycles. The van der Waals surface area contributed by atoms with E-state index in [1.165, 1.54) is 0 Å². The molecule has 3 rings (SSSR count). The van der Waals surface area contributed by atoms with Crippen molar-refractivity contribution >= 4 is 17.6 Å². The van der Waals surface area contributed by atoms with Gasteiger partial charge in [0.1, 0.15) is 0 Å². The maximum Gasteiger partial charge on any atom is 0.322 e. The van der Waals surface area contributed by atoms with Crippen molar-refractivity contribution in [3.8, 4) is 0 Å². The Morgan fingerprint density at radius 3 is 2.85 bits per heavy atom. The molecule has 1 atom stereocenters. The number of nitrogens with one attached hydrogen (secondary N) is 2. The highest BCUT2D eigenvalue weighted by molar-refractivity contribution is 5.90. The zero-order valence-corrected chi connectivity index (χ0v) is 14.5. The highest BCUT2D eigenvalue weighted by Crippen LogP contribution is 2.14. The Balaban J connectivity index is 1.49. The largest absolute Gasteiger partial charge is 0.377 e. The van der Waals surface area contributed by atoms with Gasteiger partial charge < -0.3 is 20.3 Å². The number of nitrogens with zero attached hydrogens (tertiary/aromatic N) is 3. The predicted octanol–water partition coefficient (Wildman–Crippen LogP) is 1.32. The van der Waals surface area contributed by atoms with Crippen LogP contribution < -0.4 is 10.6 Å². The molecule has 0 bridgehead atoms. The van der Waals surface area contributed by atoms with Gasteiger partial charge in [0.25, 0.3) is 0 Å². The van der Waals surface area contributed by atoms with Crippen molar-refractivity contribution in [1.82, 2.24) is 20.0 Å². The molecule has 2 aromatic rings. The Morgan fingerprint density at radius 1 is 1.23 bits per heavy atom. The Bertz CT molecular complexity index is 705. The maximum atomic E-state index is 12.5. The zero-order valence-electron chi connectivity index (χ0n) is 14.5. The lowest BCUT2D eigenvalue weighted by atomic mass is 10.1. The molecule has 2 N–H and O–H groups in total. The van der Waals surface area contributed by atoms with Gasteiger partial charge in [0.05, 0.1) is 25.8 Å². The molecule has 3 amide bonds. The van der Waals surface area contributed by atoms with Crippen LogP contribution in [0, 0.1) is 0 Å². The molecule has 1 aliphatic heterocycles. The molecule has 0 radical (unpaired) electrons. The molecule has 1 fully saturated rings. The van der Waals surface area contributed by atoms with Gasteiger partial charge in [-0.3, -0.25) is 9.48 Å². The predicted molar refractivity (Wildman–Crippen MR) is 96.6 cm³/mol. The summed E-state index contributed by atoms with van der Waals surface area (Å²) >= 11 is 0. The minimum atomic E-state index is -0.280. The zero-order chi connectivity index (χ0) is 18.2. The number of rotatable bonds is 6. The Hall–Kier alpha value is -2.87. The number of benzene rings is 1. The molecule has 2 heterocycles. The van der Waals surface area contributed by atoms with Crippen LogP contribution in [0.15, 0.2) is 48.8 Å². The highest BCUT2D eigenvalue weighted by Gasteiger charge is 2.29. The Labute approximate surface area is 152 Å². The van der Waals surface area contributed by atoms with E-state index in [9.17, 15) is 9.59 Å². The number of carbonyl (C=O) groups is 2. The summed E-state index contributed by atoms with van der Waals surface area (Å²) < 4.78 is 7.21. The van der Waals surface area contributed by atoms with Crippen LogP contribution in [0.25, 0.3) is 0 Å². The van der Waals surface area contributed by atoms with Crippen LogP contribution in [0.5, 0.6) is 0 Å². The minimum Gasteiger partial charge on any atom is -0.377 e. The average Bonchev–Trinajstić information content (AvgIpc) is 3.16. The topological polar surface area (TPSA) is 88.5 Å². The van der Waals surface area contributed by atoms with E-state index < -0.39 is 0 Å². The van der Waals surface area contributed by atoms with Crippen molar-refractivity contribution in [2.45, 2.75) is 19.0 Å². The molecule has 26 heavy (non-hydrogen) atoms. The van der Waals surface area contributed by atoms with E-state index >= 15 is 0 Å². The van der Waals surface area contributed by atoms with E-state index in [0.717, 1.165) is 5.69 Å². The quantitative estimate of drug-likeness (QED) is 0.816. The fourth-order valence-corrected chi connectivity index (χ4v) is 2.84. The van der Waals surface area contributed by atoms with E-state index in [2.05, 4.69) is 15.7 Å². The molecule has 0 unspecified atom stereocenters. The van der Waals surface area contributed by atoms with Gasteiger partial charge in [0.15, 0.2) is 0 Å². The van der Waals surface area contributed by atoms with Gasteiger partial charge >= 0.3 is 6.03 Å². The number of ether oxygens (including phenoxy) is 1. The third-order valence-corrected chi connectivity index (χ3v) is 4.16. The van der Waals surface area contributed by atoms with Crippen LogP contribution in [-0.2, 0) is 16.1 Å². The lowest BCUT2D eigenvalue weighted by Crippen LogP contribution is -2.52. The first-order valence-electron chi connectivity index (χ1n) is 8.67. The van der Waals surface area contributed by atoms with Gasteiger partial charge in [0.2, 0.25) is 5.91 Å². The third-order valence-electron chi connectivity index (χ3n) is 4.16. The number of para-hydroxylation sites is 1. The monoisotopic (exact) mass is 357 g/mol. The molecular weight excluding hydrogens is 334 g/mol. The Morgan fingerprint density at radius 2 is 2.08 bits per heavy atom. The molecule has 1 saturated heterocycles. The van der Waals surface area contributed by atoms with Crippen molar-refractivity contribution in [3.63, 3.8) is 0 Å². The Kier molecular flexibility index (Phi) is 6.21. The second kappa shape index (κ2) is 9.00. The lowest BCUT2D eigenvalue weighted by Gasteiger charge is -2.35. The van der Waals surface area contributed by atoms with Crippen molar-refractivity contribution < 1.29 is 14.3 Å². The number of aromatic nitrogens is 2. The van der Waals surface area contributed by atoms with Crippen LogP contribution in [0.2, 0.25) is 0 Å². The number of hydrogen-bond donors (Lipinski definition) is 2. The molecule has 0 aliphatic carbocycles. The molecule has 1 aromatic heterocycles. The summed E-state index contributed by atoms with van der Waals surface area (Å²) in [6.07, 6.45) is 3.75. The summed E-state index contributed by atoms with van der Waals surface area (Å²) in [5.74, 6) is -0.106. The standard InChI is InChI=1S/C18H23N5O3/c24-17(19-8-10-22-9-4-7-20-22)13-16-14-26-12-11-23(16)18(25)21-15-5-2-1-3-6-15/h1-7,9,16H,8,10-14H2,(H,19,24)(H,21,25)/t16-/m1/s1. The fraction of sp³-hybridized carbons (Fsp3) is 0.389. The van der Waals surface area contributed by atoms with Crippen molar-refractivity contribution in [1.29, 1.82) is 0 Å². The fourth-order valence-electron chi connectivity index (χ4n) is 2.84. The second-order valence-electron chi connectivity index (χ2n) is 6.04. The van der Waals surface area contributed by atoms with Gasteiger partial charge in [-0.2, -0.15) is 5.10 Å². The SMILES string of the molecule is O=C(C[C@@H]1COCCN1C(=O)Nc1ccccc1)NCCn1cccn1. The number of anilines is 1. The number of carbonyl (C=O) groups excluding carboxylic acids is 2. The molecule has 0 saturated carbocycles. The van der Waals surface area contributed by atoms with E-state index in [4.69, 9.17) is 4.74 Å². The average molecular weight is 357 g/mol. The minimum absolute atomic E-state index is 0.106. The molecule has 138 valence electrons. The van der Waals surface area contributed by atoms with Crippen LogP contribution in [-0.4, -0.2) is 59.0 Å². The summed E-state index contributed by atoms with van der Waals surface area (Å²) in [6, 6.07) is 10.6. The highest BCUT2D eigenvalue weighted by atomic mass is 16.5. The third kappa shape index (κ3) is 5.06. The van der Waals surface area contributed by atoms with Crippen LogP contribution in [0.3, 0.4) is 0 Å². The van der Waals surface area contributed by atoms with E-state index in [0.29, 0.717) is 32.8 Å². The van der Waals surface area contributed by atoms with E-state index in [1.54, 1.807) is 15.8 Å². The van der Waals surface area contributed by atoms with Gasteiger partial charge in [-0.05, 0) is 18.2 Å². The first-order chi connectivity index (χ1) is 12.7. The molecule has 0 spiro atoms. The van der Waals surface area contributed by atoms with Crippen LogP contribution >= 0.6 is 0 Å². The maximum absolute atomic E-state index is 12.5. The molecule has 8 heteroatoms. The molecule has 8 nitrogen and oxygen atoms in total. The van der Waals surface area contributed by atoms with E-state index in [1.807, 2.05) is 42.6 Å². The normalized spacial score (nSPS) is 16.9. The van der Waals surface area contributed by atoms with Crippen molar-refractivity contribution in [2.24, 2.45) is 0 Å². The summed E-state index contributed by atoms with van der Waals surface area (Å²) in [5.41, 5.74) is 0.728. The number of morpholine rings is 1. The van der Waals surface area contributed by atoms with E-state index in [-0.39, 0.29) is 24.4 Å². The van der Waals surface area contributed by atoms with Crippen molar-refractivity contribution in [3.05, 3.63) is 48.8 Å². The lowest BCUT2D eigenvalue weighted by molar-refractivity contribution is -0.123. The van der Waals surface area contributed by atoms with Crippen LogP contribution in [0.4, 0.5) is 10.5 Å². The smallest absolute Gasteiger partial charge is 0.322 e. The number of amides is 3. The number of urea groups is 1. The molecular formula is C18H23N5O3. The summed E-state index contributed by atoms with van der Waals surface area (Å²) in [4.78, 5) is 26.4. The van der Waals surface area contributed by atoms with Gasteiger partial charge in [-0.25, -0.2) is 4.79 Å². The van der Waals surface area contributed by atoms with Gasteiger partial charge in [0, 0.05) is 37.6 Å². The second-order valence-corrected chi connectivity index (χ2v) is 6.04. The van der Waals surface area contributed by atoms with Gasteiger partial charge in [-0.1, -0.05) is 18.2 Å². The van der Waals surface area contributed by atoms with Gasteiger partial charge in [-0.15, -0.1) is 0 Å². The summed E-state index contributed by atoms with van der Waals surface area (Å²) in [6.45, 7) is 2.39. The summed E-state index contributed by atoms with van der Waals surface area (Å²) in [7, 11) is 0. The van der Waals surface area contributed by atoms with Crippen molar-refractivity contribution in [2.75, 3.05) is 31.6 Å². The summed E-state index contributed by atoms with van der Waals surface area (Å²) in [5, 5.41) is 9.82. The first kappa shape index (κ1) is 17.9.